The number of ether oxygens (including phenoxy) is 1. The van der Waals surface area contributed by atoms with Gasteiger partial charge in [0.25, 0.3) is 0 Å². The Balaban J connectivity index is 1.62. The number of quaternary nitrogens is 2. The lowest BCUT2D eigenvalue weighted by atomic mass is 10.0. The molecule has 0 aliphatic carbocycles. The molecule has 0 bridgehead atoms. The standard InChI is InChI=1S/C15H26N2O2S/c1-16-7-5-13(6-8-16)17(2)10-14(18)11-19-12-15-4-3-9-20-15/h3-4,9,13-14,18H,5-8,10-12H2,1-2H3/p+2/t14-/m0/s1. The molecular formula is C15H28N2O2S+2. The molecule has 2 heterocycles. The molecule has 0 radical (unpaired) electrons. The highest BCUT2D eigenvalue weighted by molar-refractivity contribution is 7.09. The average Bonchev–Trinajstić information content (AvgIpc) is 2.92. The van der Waals surface area contributed by atoms with Crippen LogP contribution >= 0.6 is 11.3 Å². The quantitative estimate of drug-likeness (QED) is 0.593. The van der Waals surface area contributed by atoms with Gasteiger partial charge in [-0.2, -0.15) is 0 Å². The summed E-state index contributed by atoms with van der Waals surface area (Å²) in [4.78, 5) is 4.30. The molecule has 1 aromatic rings. The van der Waals surface area contributed by atoms with Gasteiger partial charge in [-0.25, -0.2) is 0 Å². The molecule has 2 atom stereocenters. The van der Waals surface area contributed by atoms with Crippen LogP contribution < -0.4 is 9.80 Å². The minimum absolute atomic E-state index is 0.359. The monoisotopic (exact) mass is 300 g/mol. The Labute approximate surface area is 126 Å². The van der Waals surface area contributed by atoms with Crippen molar-refractivity contribution < 1.29 is 19.6 Å². The van der Waals surface area contributed by atoms with E-state index in [-0.39, 0.29) is 6.10 Å². The first kappa shape index (κ1) is 15.9. The molecule has 20 heavy (non-hydrogen) atoms. The van der Waals surface area contributed by atoms with Crippen LogP contribution in [-0.2, 0) is 11.3 Å². The number of rotatable bonds is 7. The molecular weight excluding hydrogens is 272 g/mol. The second-order valence-electron chi connectivity index (χ2n) is 6.03. The fourth-order valence-electron chi connectivity index (χ4n) is 2.89. The van der Waals surface area contributed by atoms with Crippen LogP contribution in [0.3, 0.4) is 0 Å². The highest BCUT2D eigenvalue weighted by Gasteiger charge is 2.27. The van der Waals surface area contributed by atoms with E-state index in [1.807, 2.05) is 6.07 Å². The van der Waals surface area contributed by atoms with E-state index in [1.165, 1.54) is 35.7 Å². The zero-order valence-electron chi connectivity index (χ0n) is 12.6. The lowest BCUT2D eigenvalue weighted by Gasteiger charge is -2.31. The molecule has 1 fully saturated rings. The van der Waals surface area contributed by atoms with E-state index in [0.29, 0.717) is 19.3 Å². The van der Waals surface area contributed by atoms with Gasteiger partial charge in [0.15, 0.2) is 0 Å². The number of nitrogens with one attached hydrogen (secondary N) is 2. The maximum atomic E-state index is 10.1. The lowest BCUT2D eigenvalue weighted by molar-refractivity contribution is -0.941. The van der Waals surface area contributed by atoms with Crippen molar-refractivity contribution in [3.05, 3.63) is 22.4 Å². The number of piperidine rings is 1. The number of likely N-dealkylation sites (tertiary alicyclic amines) is 1. The molecule has 4 nitrogen and oxygen atoms in total. The van der Waals surface area contributed by atoms with Crippen LogP contribution in [0.1, 0.15) is 17.7 Å². The van der Waals surface area contributed by atoms with Gasteiger partial charge in [-0.1, -0.05) is 6.07 Å². The fraction of sp³-hybridized carbons (Fsp3) is 0.733. The summed E-state index contributed by atoms with van der Waals surface area (Å²) in [5, 5.41) is 12.1. The third-order valence-corrected chi connectivity index (χ3v) is 5.08. The normalized spacial score (nSPS) is 26.4. The zero-order valence-corrected chi connectivity index (χ0v) is 13.4. The molecule has 1 aliphatic heterocycles. The molecule has 1 aromatic heterocycles. The van der Waals surface area contributed by atoms with Crippen LogP contribution in [0.4, 0.5) is 0 Å². The Hall–Kier alpha value is -0.460. The second-order valence-corrected chi connectivity index (χ2v) is 7.06. The van der Waals surface area contributed by atoms with E-state index in [1.54, 1.807) is 16.2 Å². The topological polar surface area (TPSA) is 38.3 Å². The molecule has 0 spiro atoms. The molecule has 5 heteroatoms. The van der Waals surface area contributed by atoms with Crippen LogP contribution in [-0.4, -0.2) is 57.6 Å². The number of hydrogen-bond acceptors (Lipinski definition) is 3. The molecule has 0 saturated carbocycles. The number of aliphatic hydroxyl groups is 1. The average molecular weight is 300 g/mol. The highest BCUT2D eigenvalue weighted by atomic mass is 32.1. The van der Waals surface area contributed by atoms with Crippen molar-refractivity contribution in [2.75, 3.05) is 40.3 Å². The summed E-state index contributed by atoms with van der Waals surface area (Å²) >= 11 is 1.70. The number of likely N-dealkylation sites (N-methyl/N-ethyl adjacent to an activating group) is 1. The van der Waals surface area contributed by atoms with Gasteiger partial charge in [0, 0.05) is 17.7 Å². The first-order valence-corrected chi connectivity index (χ1v) is 8.45. The SMILES string of the molecule is C[NH+]1CCC([NH+](C)C[C@H](O)COCc2cccs2)CC1. The predicted octanol–water partition coefficient (Wildman–Crippen LogP) is -1.18. The van der Waals surface area contributed by atoms with Gasteiger partial charge in [-0.05, 0) is 11.4 Å². The van der Waals surface area contributed by atoms with Gasteiger partial charge in [0.05, 0.1) is 46.4 Å². The van der Waals surface area contributed by atoms with Crippen LogP contribution in [0, 0.1) is 0 Å². The third kappa shape index (κ3) is 5.14. The zero-order chi connectivity index (χ0) is 14.4. The summed E-state index contributed by atoms with van der Waals surface area (Å²) < 4.78 is 5.59. The molecule has 1 unspecified atom stereocenters. The summed E-state index contributed by atoms with van der Waals surface area (Å²) in [5.41, 5.74) is 0. The number of aliphatic hydroxyl groups excluding tert-OH is 1. The van der Waals surface area contributed by atoms with E-state index in [2.05, 4.69) is 25.5 Å². The summed E-state index contributed by atoms with van der Waals surface area (Å²) in [6.07, 6.45) is 2.17. The van der Waals surface area contributed by atoms with Crippen LogP contribution in [0.25, 0.3) is 0 Å². The fourth-order valence-corrected chi connectivity index (χ4v) is 3.53. The van der Waals surface area contributed by atoms with Crippen molar-refractivity contribution in [2.45, 2.75) is 31.6 Å². The largest absolute Gasteiger partial charge is 0.385 e. The molecule has 0 aromatic carbocycles. The van der Waals surface area contributed by atoms with Crippen molar-refractivity contribution in [1.82, 2.24) is 0 Å². The lowest BCUT2D eigenvalue weighted by Crippen LogP contribution is -3.18. The van der Waals surface area contributed by atoms with Crippen LogP contribution in [0.2, 0.25) is 0 Å². The van der Waals surface area contributed by atoms with E-state index in [0.717, 1.165) is 6.54 Å². The minimum atomic E-state index is -0.359. The summed E-state index contributed by atoms with van der Waals surface area (Å²) in [6, 6.07) is 4.79. The Kier molecular flexibility index (Phi) is 6.45. The molecule has 1 saturated heterocycles. The maximum Gasteiger partial charge on any atom is 0.126 e. The van der Waals surface area contributed by atoms with Gasteiger partial charge in [-0.3, -0.25) is 0 Å². The molecule has 0 amide bonds. The first-order chi connectivity index (χ1) is 9.65. The van der Waals surface area contributed by atoms with Gasteiger partial charge in [-0.15, -0.1) is 11.3 Å². The number of thiophene rings is 1. The molecule has 1 aliphatic rings. The van der Waals surface area contributed by atoms with Gasteiger partial charge in [0.1, 0.15) is 12.6 Å². The van der Waals surface area contributed by atoms with Gasteiger partial charge in [0.2, 0.25) is 0 Å². The van der Waals surface area contributed by atoms with E-state index >= 15 is 0 Å². The predicted molar refractivity (Wildman–Crippen MR) is 81.4 cm³/mol. The third-order valence-electron chi connectivity index (χ3n) is 4.23. The van der Waals surface area contributed by atoms with Gasteiger partial charge >= 0.3 is 0 Å². The van der Waals surface area contributed by atoms with Gasteiger partial charge < -0.3 is 19.6 Å². The first-order valence-electron chi connectivity index (χ1n) is 7.57. The Morgan fingerprint density at radius 2 is 2.25 bits per heavy atom. The van der Waals surface area contributed by atoms with E-state index in [4.69, 9.17) is 4.74 Å². The van der Waals surface area contributed by atoms with Crippen LogP contribution in [0.5, 0.6) is 0 Å². The van der Waals surface area contributed by atoms with Crippen LogP contribution in [0.15, 0.2) is 17.5 Å². The van der Waals surface area contributed by atoms with Crippen molar-refractivity contribution >= 4 is 11.3 Å². The van der Waals surface area contributed by atoms with Crippen molar-refractivity contribution in [3.63, 3.8) is 0 Å². The highest BCUT2D eigenvalue weighted by Crippen LogP contribution is 2.09. The number of hydrogen-bond donors (Lipinski definition) is 3. The Morgan fingerprint density at radius 1 is 1.50 bits per heavy atom. The second kappa shape index (κ2) is 8.10. The summed E-state index contributed by atoms with van der Waals surface area (Å²) in [7, 11) is 4.46. The van der Waals surface area contributed by atoms with E-state index in [9.17, 15) is 5.11 Å². The smallest absolute Gasteiger partial charge is 0.126 e. The van der Waals surface area contributed by atoms with Crippen molar-refractivity contribution in [1.29, 1.82) is 0 Å². The molecule has 2 rings (SSSR count). The van der Waals surface area contributed by atoms with Crippen molar-refractivity contribution in [3.8, 4) is 0 Å². The molecule has 3 N–H and O–H groups in total. The van der Waals surface area contributed by atoms with Crippen molar-refractivity contribution in [2.24, 2.45) is 0 Å². The maximum absolute atomic E-state index is 10.1. The Morgan fingerprint density at radius 3 is 2.90 bits per heavy atom. The summed E-state index contributed by atoms with van der Waals surface area (Å²) in [5.74, 6) is 0. The molecule has 114 valence electrons. The van der Waals surface area contributed by atoms with E-state index < -0.39 is 0 Å². The Bertz CT molecular complexity index is 364. The summed E-state index contributed by atoms with van der Waals surface area (Å²) in [6.45, 7) is 4.35. The minimum Gasteiger partial charge on any atom is -0.385 e.